The maximum atomic E-state index is 7.68. The van der Waals surface area contributed by atoms with Crippen LogP contribution in [0.25, 0.3) is 5.65 Å². The molecule has 0 amide bonds. The highest BCUT2D eigenvalue weighted by atomic mass is 15.3. The van der Waals surface area contributed by atoms with E-state index in [-0.39, 0.29) is 11.3 Å². The summed E-state index contributed by atoms with van der Waals surface area (Å²) in [5.74, 6) is 1.13. The van der Waals surface area contributed by atoms with Crippen LogP contribution in [-0.4, -0.2) is 38.5 Å². The number of rotatable bonds is 2. The van der Waals surface area contributed by atoms with Crippen molar-refractivity contribution in [3.8, 4) is 0 Å². The fourth-order valence-electron chi connectivity index (χ4n) is 2.45. The van der Waals surface area contributed by atoms with Crippen molar-refractivity contribution in [1.29, 1.82) is 5.41 Å². The van der Waals surface area contributed by atoms with Crippen LogP contribution < -0.4 is 10.6 Å². The number of aromatic nitrogens is 4. The lowest BCUT2D eigenvalue weighted by Gasteiger charge is -2.38. The molecule has 0 aromatic carbocycles. The van der Waals surface area contributed by atoms with Crippen molar-refractivity contribution in [2.24, 2.45) is 11.1 Å². The normalized spacial score (nSPS) is 18.7. The highest BCUT2D eigenvalue weighted by Crippen LogP contribution is 2.32. The first-order chi connectivity index (χ1) is 9.10. The van der Waals surface area contributed by atoms with Crippen molar-refractivity contribution in [3.63, 3.8) is 0 Å². The summed E-state index contributed by atoms with van der Waals surface area (Å²) in [6.45, 7) is 3.71. The molecule has 1 aliphatic rings. The predicted molar refractivity (Wildman–Crippen MR) is 72.3 cm³/mol. The van der Waals surface area contributed by atoms with Gasteiger partial charge in [-0.25, -0.2) is 4.98 Å². The molecule has 1 saturated heterocycles. The number of hydrogen-bond donors (Lipinski definition) is 2. The van der Waals surface area contributed by atoms with Crippen LogP contribution in [0.5, 0.6) is 0 Å². The second kappa shape index (κ2) is 4.18. The molecule has 0 bridgehead atoms. The minimum absolute atomic E-state index is 0.185. The molecule has 0 aliphatic carbocycles. The van der Waals surface area contributed by atoms with Crippen LogP contribution in [0, 0.1) is 10.8 Å². The Morgan fingerprint density at radius 2 is 2.16 bits per heavy atom. The number of nitrogens with one attached hydrogen (secondary N) is 1. The monoisotopic (exact) mass is 259 g/mol. The summed E-state index contributed by atoms with van der Waals surface area (Å²) in [6.07, 6.45) is 6.98. The SMILES string of the molecule is CC1(C(=N)N)CCN(c2nccn3cnnc23)CC1. The molecule has 2 aromatic heterocycles. The van der Waals surface area contributed by atoms with Crippen LogP contribution in [0.1, 0.15) is 19.8 Å². The summed E-state index contributed by atoms with van der Waals surface area (Å²) in [5, 5.41) is 15.7. The van der Waals surface area contributed by atoms with E-state index in [0.717, 1.165) is 37.4 Å². The molecule has 2 aromatic rings. The van der Waals surface area contributed by atoms with Gasteiger partial charge in [-0.2, -0.15) is 0 Å². The Morgan fingerprint density at radius 1 is 1.42 bits per heavy atom. The molecule has 0 saturated carbocycles. The van der Waals surface area contributed by atoms with Crippen LogP contribution in [0.3, 0.4) is 0 Å². The average Bonchev–Trinajstić information content (AvgIpc) is 2.87. The highest BCUT2D eigenvalue weighted by molar-refractivity contribution is 5.83. The number of nitrogens with two attached hydrogens (primary N) is 1. The Kier molecular flexibility index (Phi) is 2.62. The van der Waals surface area contributed by atoms with Gasteiger partial charge in [-0.3, -0.25) is 9.81 Å². The molecule has 3 rings (SSSR count). The number of fused-ring (bicyclic) bond motifs is 1. The van der Waals surface area contributed by atoms with Crippen LogP contribution >= 0.6 is 0 Å². The number of amidine groups is 1. The van der Waals surface area contributed by atoms with Gasteiger partial charge in [0, 0.05) is 30.9 Å². The third-order valence-electron chi connectivity index (χ3n) is 4.01. The molecule has 1 aliphatic heterocycles. The van der Waals surface area contributed by atoms with E-state index < -0.39 is 0 Å². The second-order valence-corrected chi connectivity index (χ2v) is 5.27. The summed E-state index contributed by atoms with van der Waals surface area (Å²) in [7, 11) is 0. The minimum atomic E-state index is -0.185. The molecule has 3 N–H and O–H groups in total. The number of anilines is 1. The van der Waals surface area contributed by atoms with Crippen LogP contribution in [0.4, 0.5) is 5.82 Å². The fraction of sp³-hybridized carbons (Fsp3) is 0.500. The molecule has 0 atom stereocenters. The molecule has 0 spiro atoms. The van der Waals surface area contributed by atoms with Gasteiger partial charge in [0.2, 0.25) is 5.65 Å². The van der Waals surface area contributed by atoms with Gasteiger partial charge in [0.1, 0.15) is 6.33 Å². The van der Waals surface area contributed by atoms with E-state index in [1.807, 2.05) is 10.6 Å². The molecule has 3 heterocycles. The Labute approximate surface area is 111 Å². The first-order valence-electron chi connectivity index (χ1n) is 6.34. The molecule has 100 valence electrons. The quantitative estimate of drug-likeness (QED) is 0.610. The van der Waals surface area contributed by atoms with E-state index in [4.69, 9.17) is 11.1 Å². The zero-order valence-electron chi connectivity index (χ0n) is 10.9. The van der Waals surface area contributed by atoms with E-state index in [2.05, 4.69) is 27.0 Å². The van der Waals surface area contributed by atoms with Gasteiger partial charge in [-0.1, -0.05) is 6.92 Å². The highest BCUT2D eigenvalue weighted by Gasteiger charge is 2.33. The first-order valence-corrected chi connectivity index (χ1v) is 6.34. The Balaban J connectivity index is 1.86. The van der Waals surface area contributed by atoms with Crippen molar-refractivity contribution in [2.75, 3.05) is 18.0 Å². The first kappa shape index (κ1) is 11.9. The largest absolute Gasteiger partial charge is 0.387 e. The summed E-state index contributed by atoms with van der Waals surface area (Å²) in [5.41, 5.74) is 6.27. The summed E-state index contributed by atoms with van der Waals surface area (Å²) in [6, 6.07) is 0. The zero-order valence-corrected chi connectivity index (χ0v) is 10.9. The topological polar surface area (TPSA) is 96.2 Å². The molecule has 7 nitrogen and oxygen atoms in total. The fourth-order valence-corrected chi connectivity index (χ4v) is 2.45. The van der Waals surface area contributed by atoms with E-state index in [9.17, 15) is 0 Å². The lowest BCUT2D eigenvalue weighted by atomic mass is 9.79. The molecule has 0 unspecified atom stereocenters. The molecular weight excluding hydrogens is 242 g/mol. The van der Waals surface area contributed by atoms with E-state index in [1.165, 1.54) is 0 Å². The van der Waals surface area contributed by atoms with Gasteiger partial charge in [0.15, 0.2) is 5.82 Å². The third kappa shape index (κ3) is 1.91. The zero-order chi connectivity index (χ0) is 13.5. The summed E-state index contributed by atoms with van der Waals surface area (Å²) < 4.78 is 1.86. The second-order valence-electron chi connectivity index (χ2n) is 5.27. The summed E-state index contributed by atoms with van der Waals surface area (Å²) in [4.78, 5) is 6.60. The van der Waals surface area contributed by atoms with Crippen molar-refractivity contribution in [3.05, 3.63) is 18.7 Å². The maximum Gasteiger partial charge on any atom is 0.203 e. The van der Waals surface area contributed by atoms with Gasteiger partial charge >= 0.3 is 0 Å². The van der Waals surface area contributed by atoms with Crippen molar-refractivity contribution < 1.29 is 0 Å². The van der Waals surface area contributed by atoms with E-state index in [0.29, 0.717) is 0 Å². The van der Waals surface area contributed by atoms with E-state index in [1.54, 1.807) is 12.5 Å². The molecule has 1 fully saturated rings. The van der Waals surface area contributed by atoms with Crippen LogP contribution in [0.15, 0.2) is 18.7 Å². The maximum absolute atomic E-state index is 7.68. The van der Waals surface area contributed by atoms with Gasteiger partial charge in [0.05, 0.1) is 5.84 Å². The smallest absolute Gasteiger partial charge is 0.203 e. The minimum Gasteiger partial charge on any atom is -0.387 e. The third-order valence-corrected chi connectivity index (χ3v) is 4.01. The number of hydrogen-bond acceptors (Lipinski definition) is 5. The number of nitrogens with zero attached hydrogens (tertiary/aromatic N) is 5. The van der Waals surface area contributed by atoms with Gasteiger partial charge < -0.3 is 10.6 Å². The van der Waals surface area contributed by atoms with Gasteiger partial charge in [-0.05, 0) is 12.8 Å². The Morgan fingerprint density at radius 3 is 2.84 bits per heavy atom. The Hall–Kier alpha value is -2.18. The van der Waals surface area contributed by atoms with Crippen LogP contribution in [0.2, 0.25) is 0 Å². The summed E-state index contributed by atoms with van der Waals surface area (Å²) >= 11 is 0. The molecule has 19 heavy (non-hydrogen) atoms. The average molecular weight is 259 g/mol. The molecule has 0 radical (unpaired) electrons. The standard InChI is InChI=1S/C12H17N7/c1-12(11(13)14)2-5-18(6-3-12)9-10-17-16-8-19(10)7-4-15-9/h4,7-8H,2-3,5-6H2,1H3,(H3,13,14). The lowest BCUT2D eigenvalue weighted by Crippen LogP contribution is -2.45. The van der Waals surface area contributed by atoms with Crippen molar-refractivity contribution in [2.45, 2.75) is 19.8 Å². The van der Waals surface area contributed by atoms with Gasteiger partial charge in [-0.15, -0.1) is 10.2 Å². The van der Waals surface area contributed by atoms with Crippen molar-refractivity contribution >= 4 is 17.3 Å². The lowest BCUT2D eigenvalue weighted by molar-refractivity contribution is 0.350. The predicted octanol–water partition coefficient (Wildman–Crippen LogP) is 0.667. The number of piperidine rings is 1. The van der Waals surface area contributed by atoms with Gasteiger partial charge in [0.25, 0.3) is 0 Å². The van der Waals surface area contributed by atoms with E-state index >= 15 is 0 Å². The molecular formula is C12H17N7. The van der Waals surface area contributed by atoms with Crippen LogP contribution in [-0.2, 0) is 0 Å². The Bertz CT molecular complexity index is 609. The van der Waals surface area contributed by atoms with Crippen molar-refractivity contribution in [1.82, 2.24) is 19.6 Å². The molecule has 7 heteroatoms.